The van der Waals surface area contributed by atoms with Crippen LogP contribution in [0.5, 0.6) is 0 Å². The average molecular weight is 388 g/mol. The van der Waals surface area contributed by atoms with Gasteiger partial charge in [0.05, 0.1) is 5.03 Å². The van der Waals surface area contributed by atoms with E-state index in [9.17, 15) is 9.59 Å². The number of benzene rings is 1. The zero-order chi connectivity index (χ0) is 19.5. The molecule has 0 aliphatic carbocycles. The number of nitrogens with one attached hydrogen (secondary N) is 2. The second-order valence-electron chi connectivity index (χ2n) is 6.08. The summed E-state index contributed by atoms with van der Waals surface area (Å²) in [6.45, 7) is 2.46. The number of aliphatic carboxylic acids is 1. The molecule has 0 aliphatic heterocycles. The molecule has 0 saturated carbocycles. The molecule has 0 fully saturated rings. The van der Waals surface area contributed by atoms with Crippen molar-refractivity contribution < 1.29 is 14.7 Å². The van der Waals surface area contributed by atoms with Gasteiger partial charge >= 0.3 is 12.0 Å². The van der Waals surface area contributed by atoms with E-state index >= 15 is 0 Å². The Bertz CT molecular complexity index is 740. The molecule has 0 spiro atoms. The normalized spacial score (nSPS) is 11.6. The summed E-state index contributed by atoms with van der Waals surface area (Å²) in [6.07, 6.45) is 2.72. The van der Waals surface area contributed by atoms with Gasteiger partial charge in [0, 0.05) is 25.2 Å². The van der Waals surface area contributed by atoms with E-state index in [1.54, 1.807) is 18.0 Å². The van der Waals surface area contributed by atoms with E-state index in [2.05, 4.69) is 22.5 Å². The lowest BCUT2D eigenvalue weighted by Gasteiger charge is -2.19. The van der Waals surface area contributed by atoms with Crippen LogP contribution >= 0.6 is 11.8 Å². The predicted molar refractivity (Wildman–Crippen MR) is 107 cm³/mol. The van der Waals surface area contributed by atoms with Crippen LogP contribution in [0, 0.1) is 0 Å². The Morgan fingerprint density at radius 2 is 1.96 bits per heavy atom. The highest BCUT2D eigenvalue weighted by molar-refractivity contribution is 7.99. The number of hydrogen-bond donors (Lipinski definition) is 3. The third kappa shape index (κ3) is 8.13. The SMILES string of the molecule is CCSc1cc(CNC(=O)NC(CCC(=O)O)Cc2ccccc2)ccn1. The molecular weight excluding hydrogens is 362 g/mol. The third-order valence-electron chi connectivity index (χ3n) is 3.91. The van der Waals surface area contributed by atoms with Crippen molar-refractivity contribution >= 4 is 23.8 Å². The Morgan fingerprint density at radius 1 is 1.19 bits per heavy atom. The van der Waals surface area contributed by atoms with Crippen molar-refractivity contribution in [3.63, 3.8) is 0 Å². The largest absolute Gasteiger partial charge is 0.481 e. The topological polar surface area (TPSA) is 91.3 Å². The number of rotatable bonds is 10. The van der Waals surface area contributed by atoms with E-state index in [4.69, 9.17) is 5.11 Å². The van der Waals surface area contributed by atoms with E-state index in [1.807, 2.05) is 42.5 Å². The minimum absolute atomic E-state index is 0.0136. The summed E-state index contributed by atoms with van der Waals surface area (Å²) in [6, 6.07) is 13.0. The van der Waals surface area contributed by atoms with Gasteiger partial charge in [0.25, 0.3) is 0 Å². The van der Waals surface area contributed by atoms with Crippen molar-refractivity contribution in [3.05, 3.63) is 59.8 Å². The Morgan fingerprint density at radius 3 is 2.67 bits per heavy atom. The summed E-state index contributed by atoms with van der Waals surface area (Å²) in [5.74, 6) is 0.0720. The number of amides is 2. The summed E-state index contributed by atoms with van der Waals surface area (Å²) in [5, 5.41) is 15.6. The molecule has 2 rings (SSSR count). The number of carboxylic acids is 1. The minimum atomic E-state index is -0.868. The van der Waals surface area contributed by atoms with Crippen LogP contribution in [0.2, 0.25) is 0 Å². The van der Waals surface area contributed by atoms with Gasteiger partial charge in [0.1, 0.15) is 0 Å². The van der Waals surface area contributed by atoms with Crippen LogP contribution in [0.4, 0.5) is 4.79 Å². The molecule has 144 valence electrons. The highest BCUT2D eigenvalue weighted by Crippen LogP contribution is 2.15. The Kier molecular flexibility index (Phi) is 8.64. The number of nitrogens with zero attached hydrogens (tertiary/aromatic N) is 1. The van der Waals surface area contributed by atoms with Gasteiger partial charge in [-0.3, -0.25) is 4.79 Å². The van der Waals surface area contributed by atoms with Gasteiger partial charge in [-0.15, -0.1) is 11.8 Å². The van der Waals surface area contributed by atoms with Crippen LogP contribution in [-0.4, -0.2) is 33.9 Å². The minimum Gasteiger partial charge on any atom is -0.481 e. The summed E-state index contributed by atoms with van der Waals surface area (Å²) < 4.78 is 0. The van der Waals surface area contributed by atoms with Crippen molar-refractivity contribution in [2.75, 3.05) is 5.75 Å². The van der Waals surface area contributed by atoms with E-state index in [1.165, 1.54) is 0 Å². The Labute approximate surface area is 163 Å². The molecule has 7 heteroatoms. The monoisotopic (exact) mass is 387 g/mol. The lowest BCUT2D eigenvalue weighted by molar-refractivity contribution is -0.137. The molecule has 2 amide bonds. The molecule has 1 heterocycles. The number of aromatic nitrogens is 1. The second-order valence-corrected chi connectivity index (χ2v) is 7.37. The number of carbonyl (C=O) groups is 2. The molecule has 0 aliphatic rings. The third-order valence-corrected chi connectivity index (χ3v) is 4.72. The summed E-state index contributed by atoms with van der Waals surface area (Å²) in [4.78, 5) is 27.5. The van der Waals surface area contributed by atoms with Gasteiger partial charge in [-0.25, -0.2) is 9.78 Å². The van der Waals surface area contributed by atoms with E-state index in [0.717, 1.165) is 21.9 Å². The fraction of sp³-hybridized carbons (Fsp3) is 0.350. The predicted octanol–water partition coefficient (Wildman–Crippen LogP) is 3.47. The summed E-state index contributed by atoms with van der Waals surface area (Å²) in [7, 11) is 0. The van der Waals surface area contributed by atoms with E-state index < -0.39 is 5.97 Å². The highest BCUT2D eigenvalue weighted by atomic mass is 32.2. The molecule has 0 bridgehead atoms. The van der Waals surface area contributed by atoms with Crippen LogP contribution in [0.1, 0.15) is 30.9 Å². The van der Waals surface area contributed by atoms with Crippen molar-refractivity contribution in [3.8, 4) is 0 Å². The first-order chi connectivity index (χ1) is 13.1. The maximum absolute atomic E-state index is 12.3. The number of carboxylic acid groups (broad SMARTS) is 1. The van der Waals surface area contributed by atoms with Gasteiger partial charge in [-0.05, 0) is 41.9 Å². The summed E-state index contributed by atoms with van der Waals surface area (Å²) in [5.41, 5.74) is 2.03. The zero-order valence-electron chi connectivity index (χ0n) is 15.4. The summed E-state index contributed by atoms with van der Waals surface area (Å²) >= 11 is 1.65. The van der Waals surface area contributed by atoms with Crippen LogP contribution in [0.15, 0.2) is 53.7 Å². The number of hydrogen-bond acceptors (Lipinski definition) is 4. The van der Waals surface area contributed by atoms with Crippen LogP contribution in [-0.2, 0) is 17.8 Å². The molecule has 1 aromatic carbocycles. The molecule has 3 N–H and O–H groups in total. The van der Waals surface area contributed by atoms with Crippen molar-refractivity contribution in [1.82, 2.24) is 15.6 Å². The molecule has 0 radical (unpaired) electrons. The molecule has 1 aromatic heterocycles. The number of pyridine rings is 1. The molecule has 1 unspecified atom stereocenters. The lowest BCUT2D eigenvalue weighted by atomic mass is 10.0. The van der Waals surface area contributed by atoms with Crippen molar-refractivity contribution in [2.24, 2.45) is 0 Å². The molecule has 0 saturated heterocycles. The first-order valence-corrected chi connectivity index (χ1v) is 9.93. The van der Waals surface area contributed by atoms with Gasteiger partial charge in [-0.1, -0.05) is 37.3 Å². The number of carbonyl (C=O) groups excluding carboxylic acids is 1. The number of urea groups is 1. The first-order valence-electron chi connectivity index (χ1n) is 8.94. The maximum Gasteiger partial charge on any atom is 0.315 e. The fourth-order valence-electron chi connectivity index (χ4n) is 2.63. The fourth-order valence-corrected chi connectivity index (χ4v) is 3.29. The molecule has 2 aromatic rings. The van der Waals surface area contributed by atoms with Gasteiger partial charge in [0.15, 0.2) is 0 Å². The first kappa shape index (κ1) is 20.8. The van der Waals surface area contributed by atoms with Crippen LogP contribution in [0.3, 0.4) is 0 Å². The maximum atomic E-state index is 12.3. The molecule has 1 atom stereocenters. The number of thioether (sulfide) groups is 1. The van der Waals surface area contributed by atoms with Crippen LogP contribution in [0.25, 0.3) is 0 Å². The quantitative estimate of drug-likeness (QED) is 0.543. The van der Waals surface area contributed by atoms with Crippen LogP contribution < -0.4 is 10.6 Å². The highest BCUT2D eigenvalue weighted by Gasteiger charge is 2.14. The smallest absolute Gasteiger partial charge is 0.315 e. The average Bonchev–Trinajstić information content (AvgIpc) is 2.66. The molecular formula is C20H25N3O3S. The lowest BCUT2D eigenvalue weighted by Crippen LogP contribution is -2.43. The van der Waals surface area contributed by atoms with Gasteiger partial charge < -0.3 is 15.7 Å². The van der Waals surface area contributed by atoms with E-state index in [0.29, 0.717) is 19.4 Å². The second kappa shape index (κ2) is 11.2. The van der Waals surface area contributed by atoms with Gasteiger partial charge in [0.2, 0.25) is 0 Å². The van der Waals surface area contributed by atoms with Gasteiger partial charge in [-0.2, -0.15) is 0 Å². The molecule has 6 nitrogen and oxygen atoms in total. The Balaban J connectivity index is 1.90. The van der Waals surface area contributed by atoms with E-state index in [-0.39, 0.29) is 18.5 Å². The van der Waals surface area contributed by atoms with Crippen molar-refractivity contribution in [1.29, 1.82) is 0 Å². The standard InChI is InChI=1S/C20H25N3O3S/c1-2-27-18-13-16(10-11-21-18)14-22-20(26)23-17(8-9-19(24)25)12-15-6-4-3-5-7-15/h3-7,10-11,13,17H,2,8-9,12,14H2,1H3,(H,24,25)(H2,22,23,26). The molecule has 27 heavy (non-hydrogen) atoms. The zero-order valence-corrected chi connectivity index (χ0v) is 16.2. The van der Waals surface area contributed by atoms with Crippen molar-refractivity contribution in [2.45, 2.75) is 43.8 Å². The Hall–Kier alpha value is -2.54.